The van der Waals surface area contributed by atoms with Gasteiger partial charge in [-0.1, -0.05) is 0 Å². The molecule has 0 spiro atoms. The second-order valence-electron chi connectivity index (χ2n) is 4.19. The maximum absolute atomic E-state index is 11.8. The van der Waals surface area contributed by atoms with Crippen LogP contribution in [0.3, 0.4) is 0 Å². The predicted molar refractivity (Wildman–Crippen MR) is 58.7 cm³/mol. The molecule has 1 aromatic rings. The zero-order valence-electron chi connectivity index (χ0n) is 9.25. The molecule has 1 saturated heterocycles. The Bertz CT molecular complexity index is 337. The van der Waals surface area contributed by atoms with Gasteiger partial charge in [-0.25, -0.2) is 4.98 Å². The van der Waals surface area contributed by atoms with Crippen molar-refractivity contribution in [1.29, 1.82) is 0 Å². The van der Waals surface area contributed by atoms with E-state index in [0.717, 1.165) is 19.4 Å². The molecule has 88 valence electrons. The van der Waals surface area contributed by atoms with Gasteiger partial charge in [0.25, 0.3) is 0 Å². The number of rotatable bonds is 3. The van der Waals surface area contributed by atoms with Gasteiger partial charge in [-0.15, -0.1) is 0 Å². The highest BCUT2D eigenvalue weighted by atomic mass is 16.3. The molecular formula is C11H17N3O2. The highest BCUT2D eigenvalue weighted by Gasteiger charge is 2.21. The van der Waals surface area contributed by atoms with Gasteiger partial charge in [-0.2, -0.15) is 0 Å². The highest BCUT2D eigenvalue weighted by Crippen LogP contribution is 2.11. The molecule has 0 bridgehead atoms. The van der Waals surface area contributed by atoms with Gasteiger partial charge in [-0.3, -0.25) is 4.79 Å². The summed E-state index contributed by atoms with van der Waals surface area (Å²) in [4.78, 5) is 17.5. The molecule has 5 heteroatoms. The quantitative estimate of drug-likeness (QED) is 0.799. The fourth-order valence-corrected chi connectivity index (χ4v) is 1.98. The van der Waals surface area contributed by atoms with Gasteiger partial charge in [0.15, 0.2) is 0 Å². The molecule has 1 unspecified atom stereocenters. The van der Waals surface area contributed by atoms with E-state index >= 15 is 0 Å². The van der Waals surface area contributed by atoms with E-state index in [1.54, 1.807) is 17.4 Å². The van der Waals surface area contributed by atoms with Gasteiger partial charge in [0.2, 0.25) is 5.91 Å². The summed E-state index contributed by atoms with van der Waals surface area (Å²) in [6.45, 7) is 1.92. The lowest BCUT2D eigenvalue weighted by molar-refractivity contribution is -0.134. The number of amides is 1. The first-order valence-corrected chi connectivity index (χ1v) is 5.67. The zero-order chi connectivity index (χ0) is 11.4. The van der Waals surface area contributed by atoms with E-state index in [2.05, 4.69) is 4.98 Å². The normalized spacial score (nSPS) is 21.1. The van der Waals surface area contributed by atoms with Gasteiger partial charge in [0, 0.05) is 38.4 Å². The molecule has 1 aliphatic rings. The Kier molecular flexibility index (Phi) is 3.56. The van der Waals surface area contributed by atoms with Crippen LogP contribution in [-0.4, -0.2) is 44.7 Å². The minimum Gasteiger partial charge on any atom is -0.391 e. The van der Waals surface area contributed by atoms with Crippen molar-refractivity contribution in [1.82, 2.24) is 14.5 Å². The molecule has 2 rings (SSSR count). The van der Waals surface area contributed by atoms with E-state index < -0.39 is 0 Å². The monoisotopic (exact) mass is 223 g/mol. The van der Waals surface area contributed by atoms with Crippen LogP contribution in [0.1, 0.15) is 19.3 Å². The largest absolute Gasteiger partial charge is 0.391 e. The molecule has 1 fully saturated rings. The summed E-state index contributed by atoms with van der Waals surface area (Å²) >= 11 is 0. The summed E-state index contributed by atoms with van der Waals surface area (Å²) in [5, 5.41) is 9.47. The van der Waals surface area contributed by atoms with Gasteiger partial charge < -0.3 is 14.6 Å². The molecule has 0 aliphatic carbocycles. The van der Waals surface area contributed by atoms with Gasteiger partial charge in [-0.05, 0) is 12.8 Å². The topological polar surface area (TPSA) is 58.4 Å². The lowest BCUT2D eigenvalue weighted by atomic mass is 10.1. The third-order valence-electron chi connectivity index (χ3n) is 2.89. The van der Waals surface area contributed by atoms with Crippen molar-refractivity contribution in [2.75, 3.05) is 13.1 Å². The van der Waals surface area contributed by atoms with Crippen LogP contribution < -0.4 is 0 Å². The second kappa shape index (κ2) is 5.12. The van der Waals surface area contributed by atoms with Crippen LogP contribution in [0.2, 0.25) is 0 Å². The van der Waals surface area contributed by atoms with Gasteiger partial charge in [0.05, 0.1) is 12.4 Å². The molecule has 0 aromatic carbocycles. The first-order valence-electron chi connectivity index (χ1n) is 5.67. The first kappa shape index (κ1) is 11.1. The molecule has 16 heavy (non-hydrogen) atoms. The highest BCUT2D eigenvalue weighted by molar-refractivity contribution is 5.76. The van der Waals surface area contributed by atoms with E-state index in [9.17, 15) is 9.90 Å². The smallest absolute Gasteiger partial charge is 0.224 e. The number of carbonyl (C=O) groups excluding carboxylic acids is 1. The minimum atomic E-state index is -0.342. The van der Waals surface area contributed by atoms with Crippen LogP contribution in [0.15, 0.2) is 18.7 Å². The van der Waals surface area contributed by atoms with E-state index in [-0.39, 0.29) is 12.0 Å². The maximum Gasteiger partial charge on any atom is 0.224 e. The van der Waals surface area contributed by atoms with Crippen LogP contribution in [0.4, 0.5) is 0 Å². The van der Waals surface area contributed by atoms with Crippen molar-refractivity contribution in [2.45, 2.75) is 31.9 Å². The fraction of sp³-hybridized carbons (Fsp3) is 0.636. The summed E-state index contributed by atoms with van der Waals surface area (Å²) in [7, 11) is 0. The predicted octanol–water partition coefficient (Wildman–Crippen LogP) is 0.257. The summed E-state index contributed by atoms with van der Waals surface area (Å²) in [6, 6.07) is 0. The van der Waals surface area contributed by atoms with Crippen LogP contribution in [0.25, 0.3) is 0 Å². The second-order valence-corrected chi connectivity index (χ2v) is 4.19. The number of aryl methyl sites for hydroxylation is 1. The van der Waals surface area contributed by atoms with Crippen molar-refractivity contribution in [3.63, 3.8) is 0 Å². The van der Waals surface area contributed by atoms with Crippen molar-refractivity contribution in [3.8, 4) is 0 Å². The Hall–Kier alpha value is -1.36. The lowest BCUT2D eigenvalue weighted by Crippen LogP contribution is -2.42. The Morgan fingerprint density at radius 2 is 2.44 bits per heavy atom. The standard InChI is InChI=1S/C11H17N3O2/c15-10-2-1-5-14(8-10)11(16)3-6-13-7-4-12-9-13/h4,7,9-10,15H,1-3,5-6,8H2. The SMILES string of the molecule is O=C(CCn1ccnc1)N1CCCC(O)C1. The number of likely N-dealkylation sites (tertiary alicyclic amines) is 1. The molecule has 5 nitrogen and oxygen atoms in total. The van der Waals surface area contributed by atoms with E-state index in [0.29, 0.717) is 19.5 Å². The van der Waals surface area contributed by atoms with Crippen molar-refractivity contribution in [3.05, 3.63) is 18.7 Å². The Labute approximate surface area is 94.7 Å². The summed E-state index contributed by atoms with van der Waals surface area (Å²) < 4.78 is 1.89. The number of aliphatic hydroxyl groups excluding tert-OH is 1. The molecule has 2 heterocycles. The molecule has 1 amide bonds. The molecule has 1 aliphatic heterocycles. The van der Waals surface area contributed by atoms with E-state index in [4.69, 9.17) is 0 Å². The summed E-state index contributed by atoms with van der Waals surface area (Å²) in [6.07, 6.45) is 7.10. The molecule has 1 aromatic heterocycles. The van der Waals surface area contributed by atoms with Crippen molar-refractivity contribution >= 4 is 5.91 Å². The summed E-state index contributed by atoms with van der Waals surface area (Å²) in [5.74, 6) is 0.118. The number of aliphatic hydroxyl groups is 1. The average molecular weight is 223 g/mol. The minimum absolute atomic E-state index is 0.118. The number of carbonyl (C=O) groups is 1. The Morgan fingerprint density at radius 1 is 1.56 bits per heavy atom. The van der Waals surface area contributed by atoms with Crippen LogP contribution >= 0.6 is 0 Å². The fourth-order valence-electron chi connectivity index (χ4n) is 1.98. The number of β-amino-alcohol motifs (C(OH)–C–C–N with tert-alkyl or cyclic N) is 1. The zero-order valence-corrected chi connectivity index (χ0v) is 9.25. The third-order valence-corrected chi connectivity index (χ3v) is 2.89. The number of nitrogens with zero attached hydrogens (tertiary/aromatic N) is 3. The molecule has 0 radical (unpaired) electrons. The average Bonchev–Trinajstić information content (AvgIpc) is 2.78. The number of hydrogen-bond donors (Lipinski definition) is 1. The Balaban J connectivity index is 1.79. The summed E-state index contributed by atoms with van der Waals surface area (Å²) in [5.41, 5.74) is 0. The lowest BCUT2D eigenvalue weighted by Gasteiger charge is -2.30. The van der Waals surface area contributed by atoms with E-state index in [1.807, 2.05) is 10.8 Å². The van der Waals surface area contributed by atoms with Crippen LogP contribution in [-0.2, 0) is 11.3 Å². The number of hydrogen-bond acceptors (Lipinski definition) is 3. The Morgan fingerprint density at radius 3 is 3.12 bits per heavy atom. The molecular weight excluding hydrogens is 206 g/mol. The molecule has 1 N–H and O–H groups in total. The number of aromatic nitrogens is 2. The van der Waals surface area contributed by atoms with Gasteiger partial charge >= 0.3 is 0 Å². The van der Waals surface area contributed by atoms with Gasteiger partial charge in [0.1, 0.15) is 0 Å². The van der Waals surface area contributed by atoms with E-state index in [1.165, 1.54) is 0 Å². The van der Waals surface area contributed by atoms with Crippen molar-refractivity contribution < 1.29 is 9.90 Å². The van der Waals surface area contributed by atoms with Crippen LogP contribution in [0, 0.1) is 0 Å². The molecule has 0 saturated carbocycles. The first-order chi connectivity index (χ1) is 7.75. The van der Waals surface area contributed by atoms with Crippen molar-refractivity contribution in [2.24, 2.45) is 0 Å². The number of piperidine rings is 1. The third kappa shape index (κ3) is 2.82. The van der Waals surface area contributed by atoms with Crippen LogP contribution in [0.5, 0.6) is 0 Å². The molecule has 1 atom stereocenters. The maximum atomic E-state index is 11.8. The number of imidazole rings is 1.